The van der Waals surface area contributed by atoms with Crippen molar-refractivity contribution in [2.45, 2.75) is 18.6 Å². The van der Waals surface area contributed by atoms with E-state index in [9.17, 15) is 4.79 Å². The number of carbonyl (C=O) groups is 1. The maximum Gasteiger partial charge on any atom is 0.250 e. The Morgan fingerprint density at radius 3 is 2.58 bits per heavy atom. The van der Waals surface area contributed by atoms with Crippen molar-refractivity contribution in [1.29, 1.82) is 0 Å². The molecular formula is C25H23ClN4O2S. The molecule has 0 bridgehead atoms. The van der Waals surface area contributed by atoms with Crippen LogP contribution in [0.4, 0.5) is 0 Å². The van der Waals surface area contributed by atoms with Gasteiger partial charge in [0.05, 0.1) is 36.2 Å². The summed E-state index contributed by atoms with van der Waals surface area (Å²) in [5.74, 6) is 0.751. The third kappa shape index (κ3) is 5.56. The number of methoxy groups -OCH3 is 1. The summed E-state index contributed by atoms with van der Waals surface area (Å²) in [7, 11) is 1.62. The van der Waals surface area contributed by atoms with Crippen LogP contribution in [-0.2, 0) is 11.3 Å². The van der Waals surface area contributed by atoms with Crippen molar-refractivity contribution in [3.8, 4) is 5.75 Å². The van der Waals surface area contributed by atoms with Crippen molar-refractivity contribution in [3.63, 3.8) is 0 Å². The molecule has 1 amide bonds. The second-order valence-electron chi connectivity index (χ2n) is 7.31. The quantitative estimate of drug-likeness (QED) is 0.210. The molecule has 1 heterocycles. The average Bonchev–Trinajstić information content (AvgIpc) is 3.20. The van der Waals surface area contributed by atoms with Gasteiger partial charge in [-0.2, -0.15) is 5.10 Å². The molecule has 0 spiro atoms. The number of carbonyl (C=O) groups excluding carboxylic acids is 1. The van der Waals surface area contributed by atoms with Gasteiger partial charge in [-0.25, -0.2) is 10.4 Å². The van der Waals surface area contributed by atoms with Crippen LogP contribution in [0.2, 0.25) is 5.02 Å². The summed E-state index contributed by atoms with van der Waals surface area (Å²) in [5, 5.41) is 5.68. The number of imidazole rings is 1. The molecular weight excluding hydrogens is 456 g/mol. The number of hydrogen-bond donors (Lipinski definition) is 1. The summed E-state index contributed by atoms with van der Waals surface area (Å²) in [6.07, 6.45) is 0. The maximum absolute atomic E-state index is 12.5. The van der Waals surface area contributed by atoms with Gasteiger partial charge < -0.3 is 9.30 Å². The molecule has 1 N–H and O–H groups in total. The lowest BCUT2D eigenvalue weighted by Gasteiger charge is -2.10. The Labute approximate surface area is 201 Å². The van der Waals surface area contributed by atoms with E-state index in [-0.39, 0.29) is 11.7 Å². The number of para-hydroxylation sites is 2. The zero-order valence-electron chi connectivity index (χ0n) is 18.3. The molecule has 0 aliphatic rings. The molecule has 6 nitrogen and oxygen atoms in total. The highest BCUT2D eigenvalue weighted by Gasteiger charge is 2.14. The number of thioether (sulfide) groups is 1. The second kappa shape index (κ2) is 10.6. The monoisotopic (exact) mass is 478 g/mol. The normalized spacial score (nSPS) is 11.5. The van der Waals surface area contributed by atoms with E-state index in [1.165, 1.54) is 11.8 Å². The van der Waals surface area contributed by atoms with Crippen molar-refractivity contribution in [3.05, 3.63) is 88.9 Å². The zero-order valence-corrected chi connectivity index (χ0v) is 19.9. The van der Waals surface area contributed by atoms with Gasteiger partial charge in [0.15, 0.2) is 5.16 Å². The number of fused-ring (bicyclic) bond motifs is 1. The van der Waals surface area contributed by atoms with Gasteiger partial charge >= 0.3 is 0 Å². The summed E-state index contributed by atoms with van der Waals surface area (Å²) >= 11 is 7.75. The predicted octanol–water partition coefficient (Wildman–Crippen LogP) is 5.38. The van der Waals surface area contributed by atoms with E-state index in [4.69, 9.17) is 21.3 Å². The topological polar surface area (TPSA) is 68.5 Å². The number of benzene rings is 3. The largest absolute Gasteiger partial charge is 0.497 e. The highest BCUT2D eigenvalue weighted by molar-refractivity contribution is 7.99. The summed E-state index contributed by atoms with van der Waals surface area (Å²) in [6, 6.07) is 23.2. The number of amides is 1. The first-order valence-electron chi connectivity index (χ1n) is 10.3. The highest BCUT2D eigenvalue weighted by atomic mass is 35.5. The van der Waals surface area contributed by atoms with Gasteiger partial charge in [0.25, 0.3) is 5.91 Å². The Balaban J connectivity index is 1.46. The van der Waals surface area contributed by atoms with E-state index in [0.29, 0.717) is 17.3 Å². The maximum atomic E-state index is 12.5. The molecule has 0 aliphatic carbocycles. The highest BCUT2D eigenvalue weighted by Crippen LogP contribution is 2.27. The predicted molar refractivity (Wildman–Crippen MR) is 134 cm³/mol. The van der Waals surface area contributed by atoms with Crippen LogP contribution in [0.5, 0.6) is 5.75 Å². The molecule has 4 rings (SSSR count). The number of aromatic nitrogens is 2. The van der Waals surface area contributed by atoms with Crippen LogP contribution in [0.25, 0.3) is 11.0 Å². The lowest BCUT2D eigenvalue weighted by atomic mass is 10.1. The number of nitrogens with one attached hydrogen (secondary N) is 1. The van der Waals surface area contributed by atoms with E-state index >= 15 is 0 Å². The number of hydrazone groups is 1. The first kappa shape index (κ1) is 22.9. The SMILES string of the molecule is COc1ccc(C(C)=NNC(=O)CSc2nc3ccccc3n2Cc2ccccc2Cl)cc1. The molecule has 0 radical (unpaired) electrons. The van der Waals surface area contributed by atoms with Crippen molar-refractivity contribution in [2.24, 2.45) is 5.10 Å². The number of rotatable bonds is 8. The fourth-order valence-electron chi connectivity index (χ4n) is 3.32. The van der Waals surface area contributed by atoms with Gasteiger partial charge in [-0.1, -0.05) is 53.7 Å². The molecule has 4 aromatic rings. The van der Waals surface area contributed by atoms with Gasteiger partial charge in [-0.3, -0.25) is 4.79 Å². The van der Waals surface area contributed by atoms with Crippen LogP contribution < -0.4 is 10.2 Å². The van der Waals surface area contributed by atoms with Crippen LogP contribution in [0, 0.1) is 0 Å². The molecule has 0 aliphatic heterocycles. The van der Waals surface area contributed by atoms with Crippen LogP contribution in [0.15, 0.2) is 83.1 Å². The summed E-state index contributed by atoms with van der Waals surface area (Å²) in [5.41, 5.74) is 7.11. The Hall–Kier alpha value is -3.29. The molecule has 3 aromatic carbocycles. The molecule has 0 fully saturated rings. The van der Waals surface area contributed by atoms with E-state index in [0.717, 1.165) is 33.1 Å². The minimum absolute atomic E-state index is 0.186. The Bertz CT molecular complexity index is 1300. The van der Waals surface area contributed by atoms with E-state index in [2.05, 4.69) is 15.1 Å². The van der Waals surface area contributed by atoms with Crippen LogP contribution in [0.3, 0.4) is 0 Å². The smallest absolute Gasteiger partial charge is 0.250 e. The number of nitrogens with zero attached hydrogens (tertiary/aromatic N) is 3. The second-order valence-corrected chi connectivity index (χ2v) is 8.66. The Morgan fingerprint density at radius 1 is 1.09 bits per heavy atom. The molecule has 0 saturated heterocycles. The van der Waals surface area contributed by atoms with Crippen LogP contribution in [-0.4, -0.2) is 34.0 Å². The van der Waals surface area contributed by atoms with Gasteiger partial charge in [0.2, 0.25) is 0 Å². The Morgan fingerprint density at radius 2 is 1.82 bits per heavy atom. The molecule has 1 aromatic heterocycles. The van der Waals surface area contributed by atoms with Gasteiger partial charge in [0, 0.05) is 5.02 Å². The number of hydrogen-bond acceptors (Lipinski definition) is 5. The van der Waals surface area contributed by atoms with E-state index in [1.807, 2.05) is 79.7 Å². The average molecular weight is 479 g/mol. The fourth-order valence-corrected chi connectivity index (χ4v) is 4.32. The molecule has 33 heavy (non-hydrogen) atoms. The van der Waals surface area contributed by atoms with Crippen LogP contribution in [0.1, 0.15) is 18.1 Å². The Kier molecular flexibility index (Phi) is 7.32. The molecule has 0 unspecified atom stereocenters. The fraction of sp³-hybridized carbons (Fsp3) is 0.160. The molecule has 0 atom stereocenters. The van der Waals surface area contributed by atoms with Crippen LogP contribution >= 0.6 is 23.4 Å². The standard InChI is InChI=1S/C25H23ClN4O2S/c1-17(18-11-13-20(32-2)14-12-18)28-29-24(31)16-33-25-27-22-9-5-6-10-23(22)30(25)15-19-7-3-4-8-21(19)26/h3-14H,15-16H2,1-2H3,(H,29,31). The molecule has 0 saturated carbocycles. The van der Waals surface area contributed by atoms with Gasteiger partial charge in [-0.05, 0) is 60.5 Å². The summed E-state index contributed by atoms with van der Waals surface area (Å²) in [6.45, 7) is 2.41. The minimum Gasteiger partial charge on any atom is -0.497 e. The molecule has 8 heteroatoms. The first-order chi connectivity index (χ1) is 16.0. The lowest BCUT2D eigenvalue weighted by Crippen LogP contribution is -2.21. The van der Waals surface area contributed by atoms with Gasteiger partial charge in [-0.15, -0.1) is 0 Å². The van der Waals surface area contributed by atoms with Crippen molar-refractivity contribution in [2.75, 3.05) is 12.9 Å². The van der Waals surface area contributed by atoms with Crippen molar-refractivity contribution in [1.82, 2.24) is 15.0 Å². The third-order valence-corrected chi connectivity index (χ3v) is 6.44. The molecule has 168 valence electrons. The van der Waals surface area contributed by atoms with Gasteiger partial charge in [0.1, 0.15) is 5.75 Å². The summed E-state index contributed by atoms with van der Waals surface area (Å²) in [4.78, 5) is 17.2. The summed E-state index contributed by atoms with van der Waals surface area (Å²) < 4.78 is 7.25. The lowest BCUT2D eigenvalue weighted by molar-refractivity contribution is -0.118. The zero-order chi connectivity index (χ0) is 23.2. The first-order valence-corrected chi connectivity index (χ1v) is 11.7. The van der Waals surface area contributed by atoms with Crippen molar-refractivity contribution >= 4 is 46.0 Å². The van der Waals surface area contributed by atoms with E-state index < -0.39 is 0 Å². The number of halogens is 1. The van der Waals surface area contributed by atoms with Crippen molar-refractivity contribution < 1.29 is 9.53 Å². The third-order valence-electron chi connectivity index (χ3n) is 5.09. The number of ether oxygens (including phenoxy) is 1. The van der Waals surface area contributed by atoms with E-state index in [1.54, 1.807) is 7.11 Å². The minimum atomic E-state index is -0.204.